The van der Waals surface area contributed by atoms with Gasteiger partial charge in [0, 0.05) is 11.5 Å². The summed E-state index contributed by atoms with van der Waals surface area (Å²) in [6.45, 7) is 4.28. The van der Waals surface area contributed by atoms with Crippen LogP contribution in [0.5, 0.6) is 0 Å². The van der Waals surface area contributed by atoms with E-state index in [9.17, 15) is 14.6 Å². The van der Waals surface area contributed by atoms with Crippen LogP contribution in [0.1, 0.15) is 33.1 Å². The van der Waals surface area contributed by atoms with Crippen LogP contribution in [0.15, 0.2) is 35.6 Å². The van der Waals surface area contributed by atoms with Crippen molar-refractivity contribution >= 4 is 0 Å². The topological polar surface area (TPSA) is 66.5 Å². The van der Waals surface area contributed by atoms with Crippen LogP contribution in [0, 0.1) is 28.6 Å². The van der Waals surface area contributed by atoms with E-state index in [0.717, 1.165) is 18.4 Å². The maximum absolute atomic E-state index is 14.4. The number of aliphatic hydroxyl groups excluding tert-OH is 2. The Balaban J connectivity index is 1.78. The van der Waals surface area contributed by atoms with E-state index in [2.05, 4.69) is 19.9 Å². The van der Waals surface area contributed by atoms with E-state index < -0.39 is 18.3 Å². The van der Waals surface area contributed by atoms with Gasteiger partial charge in [-0.15, -0.1) is 0 Å². The SMILES string of the molecule is C[C@]12C=CC(O)=CC1=CC(O)[C@@H]1[C@H]2CC[C@]2(C)C(N)C(F)C[C@@H]12. The van der Waals surface area contributed by atoms with Gasteiger partial charge in [0.15, 0.2) is 0 Å². The van der Waals surface area contributed by atoms with Gasteiger partial charge in [0.05, 0.1) is 6.10 Å². The molecule has 126 valence electrons. The monoisotopic (exact) mass is 319 g/mol. The van der Waals surface area contributed by atoms with Crippen molar-refractivity contribution in [3.63, 3.8) is 0 Å². The predicted molar refractivity (Wildman–Crippen MR) is 87.3 cm³/mol. The summed E-state index contributed by atoms with van der Waals surface area (Å²) in [6.07, 6.45) is 8.15. The zero-order chi connectivity index (χ0) is 16.6. The van der Waals surface area contributed by atoms with Gasteiger partial charge in [-0.3, -0.25) is 0 Å². The molecule has 0 saturated heterocycles. The summed E-state index contributed by atoms with van der Waals surface area (Å²) in [5.74, 6) is 0.636. The minimum Gasteiger partial charge on any atom is -0.508 e. The number of halogens is 1. The van der Waals surface area contributed by atoms with E-state index in [1.807, 2.05) is 6.08 Å². The molecule has 0 radical (unpaired) electrons. The van der Waals surface area contributed by atoms with E-state index in [1.54, 1.807) is 12.2 Å². The number of hydrogen-bond acceptors (Lipinski definition) is 3. The third kappa shape index (κ3) is 1.88. The summed E-state index contributed by atoms with van der Waals surface area (Å²) in [6, 6.07) is -0.426. The Morgan fingerprint density at radius 3 is 2.78 bits per heavy atom. The van der Waals surface area contributed by atoms with Crippen LogP contribution in [-0.2, 0) is 0 Å². The molecular weight excluding hydrogens is 293 g/mol. The highest BCUT2D eigenvalue weighted by molar-refractivity contribution is 5.44. The van der Waals surface area contributed by atoms with Gasteiger partial charge in [0.1, 0.15) is 11.9 Å². The summed E-state index contributed by atoms with van der Waals surface area (Å²) in [5.41, 5.74) is 6.75. The van der Waals surface area contributed by atoms with Crippen molar-refractivity contribution in [2.45, 2.75) is 51.4 Å². The third-order valence-electron chi connectivity index (χ3n) is 7.44. The quantitative estimate of drug-likeness (QED) is 0.643. The normalized spacial score (nSPS) is 54.7. The fourth-order valence-electron chi connectivity index (χ4n) is 5.96. The Morgan fingerprint density at radius 2 is 2.04 bits per heavy atom. The van der Waals surface area contributed by atoms with Crippen molar-refractivity contribution in [1.29, 1.82) is 0 Å². The molecule has 2 saturated carbocycles. The molecule has 0 spiro atoms. The van der Waals surface area contributed by atoms with Gasteiger partial charge in [-0.25, -0.2) is 4.39 Å². The van der Waals surface area contributed by atoms with E-state index in [1.165, 1.54) is 0 Å². The van der Waals surface area contributed by atoms with Crippen LogP contribution in [0.4, 0.5) is 4.39 Å². The average molecular weight is 319 g/mol. The van der Waals surface area contributed by atoms with Crippen molar-refractivity contribution in [1.82, 2.24) is 0 Å². The van der Waals surface area contributed by atoms with Gasteiger partial charge in [0.25, 0.3) is 0 Å². The molecule has 4 aliphatic carbocycles. The Morgan fingerprint density at radius 1 is 1.30 bits per heavy atom. The maximum Gasteiger partial charge on any atom is 0.116 e. The molecule has 4 rings (SSSR count). The van der Waals surface area contributed by atoms with Crippen LogP contribution >= 0.6 is 0 Å². The average Bonchev–Trinajstić information content (AvgIpc) is 2.73. The fraction of sp³-hybridized carbons (Fsp3) is 0.684. The van der Waals surface area contributed by atoms with E-state index >= 15 is 0 Å². The highest BCUT2D eigenvalue weighted by Crippen LogP contribution is 2.63. The summed E-state index contributed by atoms with van der Waals surface area (Å²) in [7, 11) is 0. The minimum atomic E-state index is -0.972. The lowest BCUT2D eigenvalue weighted by molar-refractivity contribution is -0.0616. The Kier molecular flexibility index (Phi) is 3.15. The molecule has 0 amide bonds. The van der Waals surface area contributed by atoms with Crippen molar-refractivity contribution < 1.29 is 14.6 Å². The summed E-state index contributed by atoms with van der Waals surface area (Å²) >= 11 is 0. The van der Waals surface area contributed by atoms with Crippen LogP contribution < -0.4 is 5.73 Å². The smallest absolute Gasteiger partial charge is 0.116 e. The Labute approximate surface area is 136 Å². The lowest BCUT2D eigenvalue weighted by Crippen LogP contribution is -2.55. The molecule has 4 heteroatoms. The number of fused-ring (bicyclic) bond motifs is 5. The molecule has 23 heavy (non-hydrogen) atoms. The zero-order valence-corrected chi connectivity index (χ0v) is 13.7. The first kappa shape index (κ1) is 15.4. The van der Waals surface area contributed by atoms with Gasteiger partial charge >= 0.3 is 0 Å². The first-order valence-corrected chi connectivity index (χ1v) is 8.67. The van der Waals surface area contributed by atoms with Crippen molar-refractivity contribution in [3.05, 3.63) is 35.6 Å². The number of nitrogens with two attached hydrogens (primary N) is 1. The fourth-order valence-corrected chi connectivity index (χ4v) is 5.96. The molecule has 2 fully saturated rings. The van der Waals surface area contributed by atoms with Gasteiger partial charge in [-0.1, -0.05) is 26.0 Å². The highest BCUT2D eigenvalue weighted by atomic mass is 19.1. The number of alkyl halides is 1. The van der Waals surface area contributed by atoms with Gasteiger partial charge in [-0.2, -0.15) is 0 Å². The molecule has 3 unspecified atom stereocenters. The molecular formula is C19H26FNO2. The van der Waals surface area contributed by atoms with Crippen molar-refractivity contribution in [2.24, 2.45) is 34.3 Å². The van der Waals surface area contributed by atoms with Crippen molar-refractivity contribution in [3.8, 4) is 0 Å². The van der Waals surface area contributed by atoms with E-state index in [4.69, 9.17) is 5.73 Å². The number of hydrogen-bond donors (Lipinski definition) is 3. The second-order valence-electron chi connectivity index (χ2n) is 8.41. The number of rotatable bonds is 0. The molecule has 0 aromatic rings. The highest BCUT2D eigenvalue weighted by Gasteiger charge is 2.61. The largest absolute Gasteiger partial charge is 0.508 e. The van der Waals surface area contributed by atoms with Gasteiger partial charge < -0.3 is 15.9 Å². The summed E-state index contributed by atoms with van der Waals surface area (Å²) < 4.78 is 14.4. The van der Waals surface area contributed by atoms with Crippen LogP contribution in [0.3, 0.4) is 0 Å². The van der Waals surface area contributed by atoms with Gasteiger partial charge in [0.2, 0.25) is 0 Å². The maximum atomic E-state index is 14.4. The first-order chi connectivity index (χ1) is 10.8. The molecule has 3 nitrogen and oxygen atoms in total. The second-order valence-corrected chi connectivity index (χ2v) is 8.41. The molecule has 0 aromatic heterocycles. The number of allylic oxidation sites excluding steroid dienone is 4. The molecule has 0 aliphatic heterocycles. The predicted octanol–water partition coefficient (Wildman–Crippen LogP) is 3.02. The Hall–Kier alpha value is -1.13. The standard InChI is InChI=1S/C19H26FNO2/c1-18-5-3-11(22)7-10(18)8-15(23)16-12(18)4-6-19(2)13(16)9-14(20)17(19)21/h3,5,7-8,12-17,22-23H,4,6,9,21H2,1-2H3/t12-,13+,14?,15?,16-,17?,18+,19+/m1/s1. The molecule has 4 N–H and O–H groups in total. The lowest BCUT2D eigenvalue weighted by atomic mass is 9.49. The summed E-state index contributed by atoms with van der Waals surface area (Å²) in [5, 5.41) is 20.6. The van der Waals surface area contributed by atoms with Crippen LogP contribution in [0.2, 0.25) is 0 Å². The Bertz CT molecular complexity index is 627. The molecule has 4 aliphatic rings. The lowest BCUT2D eigenvalue weighted by Gasteiger charge is -2.56. The number of aliphatic hydroxyl groups is 2. The minimum absolute atomic E-state index is 0.0348. The van der Waals surface area contributed by atoms with Gasteiger partial charge in [-0.05, 0) is 60.2 Å². The molecule has 0 bridgehead atoms. The summed E-state index contributed by atoms with van der Waals surface area (Å²) in [4.78, 5) is 0. The van der Waals surface area contributed by atoms with Crippen LogP contribution in [0.25, 0.3) is 0 Å². The second kappa shape index (κ2) is 4.70. The molecule has 0 aromatic carbocycles. The molecule has 0 heterocycles. The van der Waals surface area contributed by atoms with Crippen molar-refractivity contribution in [2.75, 3.05) is 0 Å². The zero-order valence-electron chi connectivity index (χ0n) is 13.7. The molecule has 8 atom stereocenters. The van der Waals surface area contributed by atoms with Crippen LogP contribution in [-0.4, -0.2) is 28.5 Å². The van der Waals surface area contributed by atoms with E-state index in [-0.39, 0.29) is 34.3 Å². The third-order valence-corrected chi connectivity index (χ3v) is 7.44. The van der Waals surface area contributed by atoms with E-state index in [0.29, 0.717) is 6.42 Å². The first-order valence-electron chi connectivity index (χ1n) is 8.67.